The van der Waals surface area contributed by atoms with E-state index in [0.29, 0.717) is 19.0 Å². The van der Waals surface area contributed by atoms with Crippen LogP contribution in [0.4, 0.5) is 0 Å². The van der Waals surface area contributed by atoms with Crippen molar-refractivity contribution >= 4 is 35.3 Å². The molecule has 0 aliphatic carbocycles. The van der Waals surface area contributed by atoms with Crippen LogP contribution < -0.4 is 10.6 Å². The van der Waals surface area contributed by atoms with Crippen LogP contribution in [0.15, 0.2) is 30.3 Å². The highest BCUT2D eigenvalue weighted by molar-refractivity contribution is 7.99. The monoisotopic (exact) mass is 689 g/mol. The van der Waals surface area contributed by atoms with Gasteiger partial charge < -0.3 is 20.3 Å². The fourth-order valence-corrected chi connectivity index (χ4v) is 7.61. The highest BCUT2D eigenvalue weighted by Crippen LogP contribution is 2.29. The molecule has 1 heterocycles. The van der Waals surface area contributed by atoms with Crippen LogP contribution in [-0.4, -0.2) is 122 Å². The molecule has 1 aromatic carbocycles. The predicted octanol–water partition coefficient (Wildman–Crippen LogP) is 4.07. The lowest BCUT2D eigenvalue weighted by molar-refractivity contribution is -0.140. The molecule has 0 spiro atoms. The van der Waals surface area contributed by atoms with Gasteiger partial charge in [-0.2, -0.15) is 11.8 Å². The van der Waals surface area contributed by atoms with Crippen LogP contribution >= 0.6 is 11.8 Å². The van der Waals surface area contributed by atoms with Gasteiger partial charge in [0.05, 0.1) is 12.1 Å². The molecule has 6 atom stereocenters. The number of hydrogen-bond donors (Lipinski definition) is 2. The number of rotatable bonds is 21. The number of thioether (sulfide) groups is 1. The van der Waals surface area contributed by atoms with Crippen molar-refractivity contribution in [3.63, 3.8) is 0 Å². The van der Waals surface area contributed by atoms with Crippen LogP contribution in [0.2, 0.25) is 0 Å². The minimum atomic E-state index is -0.677. The maximum atomic E-state index is 13.5. The number of carbonyl (C=O) groups is 4. The molecule has 1 fully saturated rings. The van der Waals surface area contributed by atoms with Crippen molar-refractivity contribution in [3.05, 3.63) is 35.9 Å². The van der Waals surface area contributed by atoms with Crippen molar-refractivity contribution in [3.8, 4) is 0 Å². The minimum absolute atomic E-state index is 0.0677. The number of carbonyl (C=O) groups excluding carboxylic acids is 4. The minimum Gasteiger partial charge on any atom is -0.379 e. The summed E-state index contributed by atoms with van der Waals surface area (Å²) in [6.45, 7) is 12.4. The third-order valence-electron chi connectivity index (χ3n) is 9.57. The summed E-state index contributed by atoms with van der Waals surface area (Å²) in [4.78, 5) is 58.7. The van der Waals surface area contributed by atoms with Gasteiger partial charge in [-0.05, 0) is 70.1 Å². The smallest absolute Gasteiger partial charge is 0.245 e. The van der Waals surface area contributed by atoms with Crippen LogP contribution in [-0.2, 0) is 30.5 Å². The Balaban J connectivity index is 1.90. The molecule has 0 radical (unpaired) electrons. The Morgan fingerprint density at radius 2 is 1.67 bits per heavy atom. The first-order valence-corrected chi connectivity index (χ1v) is 18.8. The zero-order valence-electron chi connectivity index (χ0n) is 31.2. The molecule has 10 nitrogen and oxygen atoms in total. The predicted molar refractivity (Wildman–Crippen MR) is 196 cm³/mol. The van der Waals surface area contributed by atoms with Crippen molar-refractivity contribution in [2.75, 3.05) is 54.1 Å². The molecule has 11 heteroatoms. The number of nitrogens with zero attached hydrogens (tertiary/aromatic N) is 3. The Morgan fingerprint density at radius 1 is 1.00 bits per heavy atom. The Labute approximate surface area is 294 Å². The number of likely N-dealkylation sites (tertiary alicyclic amines) is 1. The average Bonchev–Trinajstić information content (AvgIpc) is 3.51. The molecule has 2 rings (SSSR count). The van der Waals surface area contributed by atoms with E-state index in [0.717, 1.165) is 37.9 Å². The van der Waals surface area contributed by atoms with Gasteiger partial charge in [0, 0.05) is 57.3 Å². The van der Waals surface area contributed by atoms with Crippen molar-refractivity contribution in [1.82, 2.24) is 25.3 Å². The van der Waals surface area contributed by atoms with Gasteiger partial charge >= 0.3 is 0 Å². The molecule has 48 heavy (non-hydrogen) atoms. The first-order chi connectivity index (χ1) is 22.7. The number of ether oxygens (including phenoxy) is 1. The zero-order chi connectivity index (χ0) is 36.0. The maximum absolute atomic E-state index is 13.5. The van der Waals surface area contributed by atoms with Gasteiger partial charge in [-0.1, -0.05) is 65.0 Å². The number of methoxy groups -OCH3 is 1. The third-order valence-corrected chi connectivity index (χ3v) is 10.7. The number of ketones is 1. The lowest BCUT2D eigenvalue weighted by Gasteiger charge is -2.33. The van der Waals surface area contributed by atoms with E-state index in [4.69, 9.17) is 4.74 Å². The summed E-state index contributed by atoms with van der Waals surface area (Å²) in [5, 5.41) is 6.25. The number of amides is 3. The van der Waals surface area contributed by atoms with Gasteiger partial charge in [0.15, 0.2) is 0 Å². The van der Waals surface area contributed by atoms with Crippen LogP contribution in [0.3, 0.4) is 0 Å². The van der Waals surface area contributed by atoms with Gasteiger partial charge in [0.2, 0.25) is 17.7 Å². The topological polar surface area (TPSA) is 111 Å². The first kappa shape index (κ1) is 41.7. The summed E-state index contributed by atoms with van der Waals surface area (Å²) < 4.78 is 5.68. The Morgan fingerprint density at radius 3 is 2.23 bits per heavy atom. The maximum Gasteiger partial charge on any atom is 0.245 e. The quantitative estimate of drug-likeness (QED) is 0.199. The summed E-state index contributed by atoms with van der Waals surface area (Å²) in [6.07, 6.45) is 5.19. The van der Waals surface area contributed by atoms with Gasteiger partial charge in [0.25, 0.3) is 0 Å². The summed E-state index contributed by atoms with van der Waals surface area (Å²) in [7, 11) is 7.00. The molecule has 3 amide bonds. The van der Waals surface area contributed by atoms with Crippen molar-refractivity contribution in [2.24, 2.45) is 17.8 Å². The molecule has 6 unspecified atom stereocenters. The summed E-state index contributed by atoms with van der Waals surface area (Å²) in [5.41, 5.74) is 1.09. The van der Waals surface area contributed by atoms with Crippen LogP contribution in [0.25, 0.3) is 0 Å². The molecule has 1 saturated heterocycles. The Kier molecular flexibility index (Phi) is 18.2. The lowest BCUT2D eigenvalue weighted by Crippen LogP contribution is -2.56. The fraction of sp³-hybridized carbons (Fsp3) is 0.730. The van der Waals surface area contributed by atoms with E-state index >= 15 is 0 Å². The van der Waals surface area contributed by atoms with E-state index in [1.807, 2.05) is 83.9 Å². The normalized spacial score (nSPS) is 18.4. The number of hydrogen-bond acceptors (Lipinski definition) is 8. The molecular formula is C37H63N5O5S. The van der Waals surface area contributed by atoms with Crippen molar-refractivity contribution in [1.29, 1.82) is 0 Å². The second-order valence-corrected chi connectivity index (χ2v) is 15.4. The van der Waals surface area contributed by atoms with Gasteiger partial charge in [0.1, 0.15) is 11.8 Å². The van der Waals surface area contributed by atoms with Gasteiger partial charge in [-0.25, -0.2) is 0 Å². The molecular weight excluding hydrogens is 627 g/mol. The molecule has 1 aliphatic rings. The molecule has 0 saturated carbocycles. The molecule has 272 valence electrons. The summed E-state index contributed by atoms with van der Waals surface area (Å²) in [5.74, 6) is -0.361. The fourth-order valence-electron chi connectivity index (χ4n) is 6.67. The SMILES string of the molecule is COC(CC(=O)C(C)CCN1CCCC1C(CC(=O)NCc1ccccc1)SC)CN(C)C(=O)C(NC(=O)C(C(C)C)N(C)C)C(C)C. The van der Waals surface area contributed by atoms with E-state index in [-0.39, 0.29) is 65.5 Å². The Hall–Kier alpha value is -2.47. The van der Waals surface area contributed by atoms with Crippen molar-refractivity contribution < 1.29 is 23.9 Å². The van der Waals surface area contributed by atoms with E-state index in [1.165, 1.54) is 0 Å². The van der Waals surface area contributed by atoms with Crippen molar-refractivity contribution in [2.45, 2.75) is 103 Å². The number of nitrogens with one attached hydrogen (secondary N) is 2. The molecule has 1 aliphatic heterocycles. The van der Waals surface area contributed by atoms with E-state index in [2.05, 4.69) is 21.8 Å². The van der Waals surface area contributed by atoms with E-state index < -0.39 is 12.1 Å². The highest BCUT2D eigenvalue weighted by Gasteiger charge is 2.34. The number of Topliss-reactive ketones (excluding diaryl/α,β-unsaturated/α-hetero) is 1. The molecule has 1 aromatic rings. The van der Waals surface area contributed by atoms with Crippen LogP contribution in [0, 0.1) is 17.8 Å². The van der Waals surface area contributed by atoms with Crippen LogP contribution in [0.1, 0.15) is 72.3 Å². The molecule has 0 aromatic heterocycles. The zero-order valence-corrected chi connectivity index (χ0v) is 32.0. The van der Waals surface area contributed by atoms with E-state index in [1.54, 1.807) is 30.8 Å². The summed E-state index contributed by atoms with van der Waals surface area (Å²) in [6, 6.07) is 9.23. The van der Waals surface area contributed by atoms with Gasteiger partial charge in [-0.15, -0.1) is 0 Å². The second kappa shape index (κ2) is 20.9. The highest BCUT2D eigenvalue weighted by atomic mass is 32.2. The third kappa shape index (κ3) is 13.1. The van der Waals surface area contributed by atoms with E-state index in [9.17, 15) is 19.2 Å². The number of likely N-dealkylation sites (N-methyl/N-ethyl adjacent to an activating group) is 2. The Bertz CT molecular complexity index is 1140. The second-order valence-electron chi connectivity index (χ2n) is 14.3. The van der Waals surface area contributed by atoms with Crippen LogP contribution in [0.5, 0.6) is 0 Å². The molecule has 0 bridgehead atoms. The standard InChI is InChI=1S/C37H63N5O5S/c1-25(2)34(39-36(45)35(26(3)4)40(6)7)37(46)41(8)24-29(47-9)21-31(43)27(5)18-20-42-19-14-17-30(42)32(48-10)22-33(44)38-23-28-15-12-11-13-16-28/h11-13,15-16,25-27,29-30,32,34-35H,14,17-24H2,1-10H3,(H,38,44)(H,39,45). The largest absolute Gasteiger partial charge is 0.379 e. The molecule has 2 N–H and O–H groups in total. The summed E-state index contributed by atoms with van der Waals surface area (Å²) >= 11 is 1.75. The first-order valence-electron chi connectivity index (χ1n) is 17.5. The number of benzene rings is 1. The lowest BCUT2D eigenvalue weighted by atomic mass is 9.96. The van der Waals surface area contributed by atoms with Gasteiger partial charge in [-0.3, -0.25) is 29.0 Å². The average molecular weight is 690 g/mol.